The molecule has 1 aromatic heterocycles. The van der Waals surface area contributed by atoms with E-state index < -0.39 is 12.0 Å². The van der Waals surface area contributed by atoms with Crippen molar-refractivity contribution in [1.29, 1.82) is 0 Å². The number of halogens is 1. The van der Waals surface area contributed by atoms with E-state index in [4.69, 9.17) is 16.3 Å². The second kappa shape index (κ2) is 10.1. The van der Waals surface area contributed by atoms with Crippen molar-refractivity contribution in [2.45, 2.75) is 6.92 Å². The molecule has 0 fully saturated rings. The number of carbonyl (C=O) groups is 2. The van der Waals surface area contributed by atoms with Gasteiger partial charge in [-0.1, -0.05) is 29.8 Å². The molecule has 0 aliphatic carbocycles. The first kappa shape index (κ1) is 22.8. The van der Waals surface area contributed by atoms with Crippen LogP contribution in [0.3, 0.4) is 0 Å². The summed E-state index contributed by atoms with van der Waals surface area (Å²) in [6.07, 6.45) is 0. The smallest absolute Gasteiger partial charge is 0.338 e. The van der Waals surface area contributed by atoms with Crippen molar-refractivity contribution in [1.82, 2.24) is 15.0 Å². The Morgan fingerprint density at radius 2 is 1.79 bits per heavy atom. The largest absolute Gasteiger partial charge is 0.462 e. The minimum Gasteiger partial charge on any atom is -0.462 e. The fourth-order valence-corrected chi connectivity index (χ4v) is 3.39. The molecule has 0 saturated heterocycles. The van der Waals surface area contributed by atoms with Crippen LogP contribution in [0.1, 0.15) is 17.3 Å². The number of rotatable bonds is 6. The minimum atomic E-state index is -0.633. The Morgan fingerprint density at radius 1 is 1.03 bits per heavy atom. The summed E-state index contributed by atoms with van der Waals surface area (Å²) in [5.74, 6) is -0.390. The quantitative estimate of drug-likeness (QED) is 0.281. The molecule has 0 aliphatic heterocycles. The number of hydrogen-bond acceptors (Lipinski definition) is 6. The average molecular weight is 478 g/mol. The van der Waals surface area contributed by atoms with Crippen LogP contribution in [0.25, 0.3) is 16.6 Å². The Bertz CT molecular complexity index is 1420. The number of nitrogens with zero attached hydrogens (tertiary/aromatic N) is 2. The Balaban J connectivity index is 1.58. The Morgan fingerprint density at radius 3 is 2.56 bits per heavy atom. The molecule has 2 amide bonds. The number of para-hydroxylation sites is 1. The summed E-state index contributed by atoms with van der Waals surface area (Å²) in [5, 5.41) is 3.55. The van der Waals surface area contributed by atoms with Crippen LogP contribution < -0.4 is 21.7 Å². The summed E-state index contributed by atoms with van der Waals surface area (Å²) in [6.45, 7) is 1.96. The van der Waals surface area contributed by atoms with Crippen molar-refractivity contribution in [3.63, 3.8) is 0 Å². The number of hydrazine groups is 1. The normalized spacial score (nSPS) is 10.5. The molecule has 4 rings (SSSR count). The SMILES string of the molecule is CCOC(=O)c1cccc(NC(=O)NNc2nc3ccccc3c(=O)n2-c2ccc(Cl)cc2)c1. The van der Waals surface area contributed by atoms with Gasteiger partial charge in [0.1, 0.15) is 0 Å². The first-order valence-electron chi connectivity index (χ1n) is 10.3. The first-order chi connectivity index (χ1) is 16.5. The number of carbonyl (C=O) groups excluding carboxylic acids is 2. The van der Waals surface area contributed by atoms with Crippen LogP contribution in [0.5, 0.6) is 0 Å². The van der Waals surface area contributed by atoms with Gasteiger partial charge in [-0.05, 0) is 61.5 Å². The molecule has 9 nitrogen and oxygen atoms in total. The zero-order valence-corrected chi connectivity index (χ0v) is 18.8. The van der Waals surface area contributed by atoms with Gasteiger partial charge < -0.3 is 10.1 Å². The molecule has 0 spiro atoms. The van der Waals surface area contributed by atoms with Crippen LogP contribution >= 0.6 is 11.6 Å². The molecule has 0 unspecified atom stereocenters. The third kappa shape index (κ3) is 5.00. The number of aromatic nitrogens is 2. The Labute approximate surface area is 199 Å². The van der Waals surface area contributed by atoms with Crippen LogP contribution in [0.2, 0.25) is 5.02 Å². The fraction of sp³-hybridized carbons (Fsp3) is 0.0833. The van der Waals surface area contributed by atoms with Gasteiger partial charge in [0.2, 0.25) is 5.95 Å². The Hall–Kier alpha value is -4.37. The average Bonchev–Trinajstić information content (AvgIpc) is 2.84. The Kier molecular flexibility index (Phi) is 6.74. The molecule has 10 heteroatoms. The second-order valence-electron chi connectivity index (χ2n) is 7.07. The lowest BCUT2D eigenvalue weighted by Gasteiger charge is -2.16. The van der Waals surface area contributed by atoms with Crippen molar-refractivity contribution < 1.29 is 14.3 Å². The van der Waals surface area contributed by atoms with Crippen molar-refractivity contribution >= 4 is 46.1 Å². The van der Waals surface area contributed by atoms with Crippen LogP contribution in [-0.2, 0) is 4.74 Å². The standard InChI is InChI=1S/C24H20ClN5O4/c1-2-34-22(32)15-6-5-7-17(14-15)26-24(33)29-28-23-27-20-9-4-3-8-19(20)21(31)30(23)18-12-10-16(25)11-13-18/h3-14H,2H2,1H3,(H,27,28)(H2,26,29,33). The summed E-state index contributed by atoms with van der Waals surface area (Å²) < 4.78 is 6.31. The number of ether oxygens (including phenoxy) is 1. The highest BCUT2D eigenvalue weighted by Crippen LogP contribution is 2.18. The van der Waals surface area contributed by atoms with Crippen molar-refractivity contribution in [3.05, 3.63) is 93.7 Å². The van der Waals surface area contributed by atoms with E-state index >= 15 is 0 Å². The fourth-order valence-electron chi connectivity index (χ4n) is 3.26. The number of nitrogens with one attached hydrogen (secondary N) is 3. The minimum absolute atomic E-state index is 0.0986. The molecular weight excluding hydrogens is 458 g/mol. The third-order valence-electron chi connectivity index (χ3n) is 4.78. The topological polar surface area (TPSA) is 114 Å². The number of hydrogen-bond donors (Lipinski definition) is 3. The maximum absolute atomic E-state index is 13.2. The molecule has 172 valence electrons. The van der Waals surface area contributed by atoms with E-state index in [-0.39, 0.29) is 18.1 Å². The van der Waals surface area contributed by atoms with E-state index in [2.05, 4.69) is 21.2 Å². The lowest BCUT2D eigenvalue weighted by Crippen LogP contribution is -2.36. The summed E-state index contributed by atoms with van der Waals surface area (Å²) in [4.78, 5) is 42.1. The van der Waals surface area contributed by atoms with Crippen molar-refractivity contribution in [2.24, 2.45) is 0 Å². The van der Waals surface area contributed by atoms with E-state index in [1.165, 1.54) is 10.6 Å². The predicted octanol–water partition coefficient (Wildman–Crippen LogP) is 4.36. The highest BCUT2D eigenvalue weighted by molar-refractivity contribution is 6.30. The van der Waals surface area contributed by atoms with Gasteiger partial charge in [-0.15, -0.1) is 0 Å². The van der Waals surface area contributed by atoms with E-state index in [9.17, 15) is 14.4 Å². The third-order valence-corrected chi connectivity index (χ3v) is 5.03. The molecule has 4 aromatic rings. The van der Waals surface area contributed by atoms with Gasteiger partial charge in [0, 0.05) is 10.7 Å². The molecule has 34 heavy (non-hydrogen) atoms. The van der Waals surface area contributed by atoms with Crippen LogP contribution in [0.4, 0.5) is 16.4 Å². The molecule has 3 N–H and O–H groups in total. The van der Waals surface area contributed by atoms with Crippen molar-refractivity contribution in [2.75, 3.05) is 17.3 Å². The number of urea groups is 1. The number of fused-ring (bicyclic) bond motifs is 1. The molecule has 0 radical (unpaired) electrons. The first-order valence-corrected chi connectivity index (χ1v) is 10.7. The van der Waals surface area contributed by atoms with E-state index in [0.29, 0.717) is 32.9 Å². The van der Waals surface area contributed by atoms with Gasteiger partial charge in [-0.2, -0.15) is 0 Å². The van der Waals surface area contributed by atoms with E-state index in [1.54, 1.807) is 73.7 Å². The molecule has 1 heterocycles. The number of benzene rings is 3. The highest BCUT2D eigenvalue weighted by atomic mass is 35.5. The number of amides is 2. The van der Waals surface area contributed by atoms with Crippen molar-refractivity contribution in [3.8, 4) is 5.69 Å². The maximum atomic E-state index is 13.2. The monoisotopic (exact) mass is 477 g/mol. The zero-order valence-electron chi connectivity index (χ0n) is 18.0. The highest BCUT2D eigenvalue weighted by Gasteiger charge is 2.14. The summed E-state index contributed by atoms with van der Waals surface area (Å²) in [6, 6.07) is 19.2. The molecule has 3 aromatic carbocycles. The van der Waals surface area contributed by atoms with Gasteiger partial charge >= 0.3 is 12.0 Å². The lowest BCUT2D eigenvalue weighted by atomic mass is 10.2. The van der Waals surface area contributed by atoms with Gasteiger partial charge in [-0.25, -0.2) is 24.6 Å². The molecule has 0 atom stereocenters. The molecule has 0 aliphatic rings. The number of esters is 1. The maximum Gasteiger partial charge on any atom is 0.338 e. The van der Waals surface area contributed by atoms with Gasteiger partial charge in [0.05, 0.1) is 28.8 Å². The van der Waals surface area contributed by atoms with E-state index in [0.717, 1.165) is 0 Å². The van der Waals surface area contributed by atoms with Gasteiger partial charge in [0.15, 0.2) is 0 Å². The summed E-state index contributed by atoms with van der Waals surface area (Å²) in [7, 11) is 0. The van der Waals surface area contributed by atoms with Gasteiger partial charge in [0.25, 0.3) is 5.56 Å². The number of anilines is 2. The zero-order chi connectivity index (χ0) is 24.1. The molecule has 0 saturated carbocycles. The van der Waals surface area contributed by atoms with Crippen LogP contribution in [-0.4, -0.2) is 28.2 Å². The summed E-state index contributed by atoms with van der Waals surface area (Å²) in [5.41, 5.74) is 6.52. The lowest BCUT2D eigenvalue weighted by molar-refractivity contribution is 0.0526. The molecule has 0 bridgehead atoms. The summed E-state index contributed by atoms with van der Waals surface area (Å²) >= 11 is 5.99. The molecular formula is C24H20ClN5O4. The van der Waals surface area contributed by atoms with Crippen LogP contribution in [0, 0.1) is 0 Å². The predicted molar refractivity (Wildman–Crippen MR) is 131 cm³/mol. The van der Waals surface area contributed by atoms with Gasteiger partial charge in [-0.3, -0.25) is 10.2 Å². The van der Waals surface area contributed by atoms with Crippen LogP contribution in [0.15, 0.2) is 77.6 Å². The second-order valence-corrected chi connectivity index (χ2v) is 7.51. The van der Waals surface area contributed by atoms with E-state index in [1.807, 2.05) is 0 Å².